The number of ether oxygens (including phenoxy) is 1. The number of hydrogen-bond donors (Lipinski definition) is 2. The summed E-state index contributed by atoms with van der Waals surface area (Å²) in [6.07, 6.45) is 3.25. The molecule has 2 aliphatic heterocycles. The number of methoxy groups -OCH3 is 1. The van der Waals surface area contributed by atoms with Crippen molar-refractivity contribution in [2.24, 2.45) is 11.8 Å². The number of rotatable bonds is 9. The Kier molecular flexibility index (Phi) is 9.24. The van der Waals surface area contributed by atoms with E-state index >= 15 is 0 Å². The standard InChI is InChI=1S/C29H40F2N6O4S/c1-8-23(37-13-20(19(37)5)15-42(7,39)40)22-12-33-26(11-21(22)18(4)17(2)3)34-25-9-10-32-28(35-25)36-14-24(38)27(41-6)29(30,31)16-36/h8-12,17,19-20,24,27,38H,1,13-16H2,2-7H3,(H,32,34,35)/b21-18+,23-22+/t19-,20-,24-,27-/m1/s1. The van der Waals surface area contributed by atoms with Gasteiger partial charge in [0, 0.05) is 61.7 Å². The number of anilines is 3. The van der Waals surface area contributed by atoms with E-state index in [1.165, 1.54) is 17.4 Å². The zero-order chi connectivity index (χ0) is 31.0. The van der Waals surface area contributed by atoms with Gasteiger partial charge >= 0.3 is 0 Å². The molecule has 4 atom stereocenters. The van der Waals surface area contributed by atoms with Crippen LogP contribution in [0.3, 0.4) is 0 Å². The summed E-state index contributed by atoms with van der Waals surface area (Å²) in [6, 6.07) is 3.55. The molecule has 42 heavy (non-hydrogen) atoms. The molecule has 4 rings (SSSR count). The van der Waals surface area contributed by atoms with Crippen molar-refractivity contribution in [3.05, 3.63) is 47.6 Å². The van der Waals surface area contributed by atoms with Gasteiger partial charge in [0.25, 0.3) is 5.92 Å². The number of halogens is 2. The van der Waals surface area contributed by atoms with Gasteiger partial charge in [0.15, 0.2) is 0 Å². The van der Waals surface area contributed by atoms with Crippen LogP contribution in [0.4, 0.5) is 26.4 Å². The van der Waals surface area contributed by atoms with E-state index in [4.69, 9.17) is 4.74 Å². The maximum absolute atomic E-state index is 14.6. The van der Waals surface area contributed by atoms with Gasteiger partial charge in [0.2, 0.25) is 5.95 Å². The highest BCUT2D eigenvalue weighted by atomic mass is 32.2. The Labute approximate surface area is 245 Å². The Morgan fingerprint density at radius 1 is 1.29 bits per heavy atom. The van der Waals surface area contributed by atoms with Crippen LogP contribution in [-0.2, 0) is 14.6 Å². The highest BCUT2D eigenvalue weighted by Gasteiger charge is 2.50. The van der Waals surface area contributed by atoms with Gasteiger partial charge in [-0.1, -0.05) is 26.0 Å². The highest BCUT2D eigenvalue weighted by Crippen LogP contribution is 2.32. The smallest absolute Gasteiger partial charge is 0.293 e. The molecule has 2 aromatic heterocycles. The third kappa shape index (κ3) is 6.73. The molecule has 0 aliphatic carbocycles. The molecule has 0 radical (unpaired) electrons. The number of pyridine rings is 1. The molecule has 0 amide bonds. The van der Waals surface area contributed by atoms with E-state index in [0.29, 0.717) is 18.2 Å². The molecule has 13 heteroatoms. The maximum atomic E-state index is 14.6. The molecular weight excluding hydrogens is 566 g/mol. The second-order valence-electron chi connectivity index (χ2n) is 11.5. The summed E-state index contributed by atoms with van der Waals surface area (Å²) < 4.78 is 57.7. The van der Waals surface area contributed by atoms with Gasteiger partial charge in [-0.05, 0) is 43.2 Å². The van der Waals surface area contributed by atoms with E-state index in [0.717, 1.165) is 28.8 Å². The van der Waals surface area contributed by atoms with Gasteiger partial charge in [-0.15, -0.1) is 0 Å². The van der Waals surface area contributed by atoms with Crippen LogP contribution < -0.4 is 20.7 Å². The highest BCUT2D eigenvalue weighted by molar-refractivity contribution is 7.90. The predicted octanol–water partition coefficient (Wildman–Crippen LogP) is 1.93. The number of piperidine rings is 1. The Bertz CT molecular complexity index is 1550. The summed E-state index contributed by atoms with van der Waals surface area (Å²) in [5.74, 6) is -1.98. The number of sulfone groups is 1. The lowest BCUT2D eigenvalue weighted by Gasteiger charge is -2.48. The van der Waals surface area contributed by atoms with Crippen molar-refractivity contribution >= 4 is 38.7 Å². The van der Waals surface area contributed by atoms with E-state index in [2.05, 4.69) is 52.5 Å². The van der Waals surface area contributed by atoms with Crippen LogP contribution in [0.1, 0.15) is 27.7 Å². The number of likely N-dealkylation sites (tertiary alicyclic amines) is 1. The van der Waals surface area contributed by atoms with Gasteiger partial charge in [-0.25, -0.2) is 27.2 Å². The quantitative estimate of drug-likeness (QED) is 0.438. The third-order valence-corrected chi connectivity index (χ3v) is 9.14. The van der Waals surface area contributed by atoms with Crippen molar-refractivity contribution in [2.75, 3.05) is 49.0 Å². The van der Waals surface area contributed by atoms with Crippen molar-refractivity contribution in [2.45, 2.75) is 51.9 Å². The Balaban J connectivity index is 1.66. The van der Waals surface area contributed by atoms with Crippen molar-refractivity contribution in [3.8, 4) is 0 Å². The minimum absolute atomic E-state index is 0.0250. The summed E-state index contributed by atoms with van der Waals surface area (Å²) in [7, 11) is -1.93. The molecule has 10 nitrogen and oxygen atoms in total. The molecule has 2 fully saturated rings. The van der Waals surface area contributed by atoms with E-state index in [1.807, 2.05) is 13.0 Å². The van der Waals surface area contributed by atoms with E-state index < -0.39 is 34.5 Å². The van der Waals surface area contributed by atoms with Gasteiger partial charge in [-0.2, -0.15) is 4.98 Å². The lowest BCUT2D eigenvalue weighted by atomic mass is 9.90. The molecular formula is C29H40F2N6O4S. The predicted molar refractivity (Wildman–Crippen MR) is 160 cm³/mol. The molecule has 0 aromatic carbocycles. The maximum Gasteiger partial charge on any atom is 0.293 e. The van der Waals surface area contributed by atoms with Gasteiger partial charge < -0.3 is 25.0 Å². The molecule has 230 valence electrons. The van der Waals surface area contributed by atoms with Crippen molar-refractivity contribution in [1.29, 1.82) is 0 Å². The van der Waals surface area contributed by atoms with Crippen LogP contribution in [-0.4, -0.2) is 96.3 Å². The lowest BCUT2D eigenvalue weighted by Crippen LogP contribution is -2.60. The second kappa shape index (κ2) is 12.2. The SMILES string of the molecule is C=C/C(=c1/cnc(Nc2ccnc(N3C[C@@H](O)[C@@H](OC)C(F)(F)C3)n2)c/c1=C(/C)C(C)C)N1C[C@H](CS(C)(=O)=O)[C@H]1C. The fourth-order valence-corrected chi connectivity index (χ4v) is 6.69. The number of aromatic nitrogens is 3. The minimum atomic E-state index is -3.28. The van der Waals surface area contributed by atoms with Crippen LogP contribution in [0.15, 0.2) is 37.2 Å². The Morgan fingerprint density at radius 3 is 2.57 bits per heavy atom. The number of nitrogens with one attached hydrogen (secondary N) is 1. The Morgan fingerprint density at radius 2 is 2.00 bits per heavy atom. The van der Waals surface area contributed by atoms with Crippen molar-refractivity contribution < 1.29 is 27.0 Å². The number of alkyl halides is 2. The van der Waals surface area contributed by atoms with E-state index in [1.54, 1.807) is 18.3 Å². The third-order valence-electron chi connectivity index (χ3n) is 8.11. The Hall–Kier alpha value is -3.16. The number of hydrogen-bond acceptors (Lipinski definition) is 10. The molecule has 0 bridgehead atoms. The average Bonchev–Trinajstić information content (AvgIpc) is 2.91. The molecule has 2 aliphatic rings. The lowest BCUT2D eigenvalue weighted by molar-refractivity contribution is -0.171. The fraction of sp³-hybridized carbons (Fsp3) is 0.552. The van der Waals surface area contributed by atoms with Gasteiger partial charge in [0.1, 0.15) is 33.7 Å². The molecule has 2 N–H and O–H groups in total. The first-order valence-corrected chi connectivity index (χ1v) is 15.9. The van der Waals surface area contributed by atoms with E-state index in [9.17, 15) is 22.3 Å². The first-order valence-electron chi connectivity index (χ1n) is 13.9. The van der Waals surface area contributed by atoms with Crippen LogP contribution in [0, 0.1) is 11.8 Å². The molecule has 4 heterocycles. The molecule has 0 saturated carbocycles. The van der Waals surface area contributed by atoms with Gasteiger partial charge in [-0.3, -0.25) is 0 Å². The molecule has 2 aromatic rings. The summed E-state index contributed by atoms with van der Waals surface area (Å²) in [5, 5.41) is 15.2. The fourth-order valence-electron chi connectivity index (χ4n) is 5.53. The monoisotopic (exact) mass is 606 g/mol. The van der Waals surface area contributed by atoms with Crippen LogP contribution in [0.25, 0.3) is 11.3 Å². The number of aliphatic hydroxyl groups excluding tert-OH is 1. The number of β-amino-alcohol motifs (C(OH)–C–C–N with tert-alkyl or cyclic N) is 1. The van der Waals surface area contributed by atoms with Crippen LogP contribution >= 0.6 is 0 Å². The summed E-state index contributed by atoms with van der Waals surface area (Å²) in [4.78, 5) is 16.6. The van der Waals surface area contributed by atoms with Crippen molar-refractivity contribution in [1.82, 2.24) is 19.9 Å². The summed E-state index contributed by atoms with van der Waals surface area (Å²) in [6.45, 7) is 12.1. The van der Waals surface area contributed by atoms with Crippen molar-refractivity contribution in [3.63, 3.8) is 0 Å². The number of nitrogens with zero attached hydrogens (tertiary/aromatic N) is 5. The molecule has 0 unspecified atom stereocenters. The zero-order valence-electron chi connectivity index (χ0n) is 24.9. The van der Waals surface area contributed by atoms with Crippen LogP contribution in [0.5, 0.6) is 0 Å². The molecule has 0 spiro atoms. The average molecular weight is 607 g/mol. The topological polar surface area (TPSA) is 121 Å². The number of aliphatic hydroxyl groups is 1. The second-order valence-corrected chi connectivity index (χ2v) is 13.7. The zero-order valence-corrected chi connectivity index (χ0v) is 25.7. The molecule has 2 saturated heterocycles. The van der Waals surface area contributed by atoms with Crippen LogP contribution in [0.2, 0.25) is 0 Å². The van der Waals surface area contributed by atoms with E-state index in [-0.39, 0.29) is 36.1 Å². The normalized spacial score (nSPS) is 25.6. The first-order chi connectivity index (χ1) is 19.6. The minimum Gasteiger partial charge on any atom is -0.388 e. The van der Waals surface area contributed by atoms with Gasteiger partial charge in [0.05, 0.1) is 12.3 Å². The first kappa shape index (κ1) is 31.8. The summed E-state index contributed by atoms with van der Waals surface area (Å²) >= 11 is 0. The largest absolute Gasteiger partial charge is 0.388 e. The summed E-state index contributed by atoms with van der Waals surface area (Å²) in [5.41, 5.74) is 2.00.